The molecule has 0 aromatic heterocycles. The third-order valence-electron chi connectivity index (χ3n) is 2.32. The number of halogens is 2. The summed E-state index contributed by atoms with van der Waals surface area (Å²) in [5.74, 6) is 0.0872. The Balaban J connectivity index is 2.54. The number of rotatable bonds is 1. The van der Waals surface area contributed by atoms with Crippen molar-refractivity contribution >= 4 is 23.2 Å². The van der Waals surface area contributed by atoms with Crippen LogP contribution in [0.2, 0.25) is 10.0 Å². The van der Waals surface area contributed by atoms with Crippen molar-refractivity contribution in [2.75, 3.05) is 0 Å². The Kier molecular flexibility index (Phi) is 3.08. The smallest absolute Gasteiger partial charge is 0.134 e. The molecule has 2 aromatic rings. The lowest BCUT2D eigenvalue weighted by Crippen LogP contribution is -1.81. The molecule has 3 heteroatoms. The molecule has 0 heterocycles. The van der Waals surface area contributed by atoms with Crippen LogP contribution >= 0.6 is 23.2 Å². The van der Waals surface area contributed by atoms with E-state index in [9.17, 15) is 5.11 Å². The van der Waals surface area contributed by atoms with Gasteiger partial charge in [-0.25, -0.2) is 0 Å². The lowest BCUT2D eigenvalue weighted by atomic mass is 10.0. The molecule has 0 aliphatic carbocycles. The number of phenolic OH excluding ortho intramolecular Hbond substituents is 1. The SMILES string of the molecule is Cc1cc(Cl)cc(-c2ccc(O)c(Cl)c2)c1. The first-order chi connectivity index (χ1) is 7.56. The van der Waals surface area contributed by atoms with Gasteiger partial charge in [-0.15, -0.1) is 0 Å². The number of hydrogen-bond donors (Lipinski definition) is 1. The first kappa shape index (κ1) is 11.3. The molecule has 0 bridgehead atoms. The molecule has 0 aliphatic heterocycles. The molecular formula is C13H10Cl2O. The van der Waals surface area contributed by atoms with Crippen molar-refractivity contribution in [3.63, 3.8) is 0 Å². The predicted octanol–water partition coefficient (Wildman–Crippen LogP) is 4.67. The Morgan fingerprint density at radius 2 is 1.69 bits per heavy atom. The van der Waals surface area contributed by atoms with E-state index >= 15 is 0 Å². The number of aryl methyl sites for hydroxylation is 1. The molecule has 82 valence electrons. The van der Waals surface area contributed by atoms with Crippen LogP contribution in [0.5, 0.6) is 5.75 Å². The zero-order valence-electron chi connectivity index (χ0n) is 8.67. The summed E-state index contributed by atoms with van der Waals surface area (Å²) >= 11 is 11.8. The summed E-state index contributed by atoms with van der Waals surface area (Å²) < 4.78 is 0. The Hall–Kier alpha value is -1.18. The lowest BCUT2D eigenvalue weighted by Gasteiger charge is -2.05. The van der Waals surface area contributed by atoms with E-state index in [0.717, 1.165) is 16.7 Å². The molecule has 0 fully saturated rings. The lowest BCUT2D eigenvalue weighted by molar-refractivity contribution is 0.475. The molecule has 2 aromatic carbocycles. The van der Waals surface area contributed by atoms with Gasteiger partial charge in [0.25, 0.3) is 0 Å². The van der Waals surface area contributed by atoms with Gasteiger partial charge in [-0.05, 0) is 47.9 Å². The van der Waals surface area contributed by atoms with Crippen molar-refractivity contribution < 1.29 is 5.11 Å². The van der Waals surface area contributed by atoms with Gasteiger partial charge in [0.15, 0.2) is 0 Å². The Morgan fingerprint density at radius 1 is 0.938 bits per heavy atom. The van der Waals surface area contributed by atoms with E-state index < -0.39 is 0 Å². The van der Waals surface area contributed by atoms with E-state index in [1.54, 1.807) is 12.1 Å². The monoisotopic (exact) mass is 252 g/mol. The van der Waals surface area contributed by atoms with Gasteiger partial charge in [0, 0.05) is 5.02 Å². The van der Waals surface area contributed by atoms with Gasteiger partial charge in [0.1, 0.15) is 5.75 Å². The summed E-state index contributed by atoms with van der Waals surface area (Å²) in [5.41, 5.74) is 3.02. The topological polar surface area (TPSA) is 20.2 Å². The predicted molar refractivity (Wildman–Crippen MR) is 68.3 cm³/mol. The van der Waals surface area contributed by atoms with Crippen LogP contribution in [0.1, 0.15) is 5.56 Å². The second-order valence-corrected chi connectivity index (χ2v) is 4.53. The van der Waals surface area contributed by atoms with E-state index in [4.69, 9.17) is 23.2 Å². The summed E-state index contributed by atoms with van der Waals surface area (Å²) in [4.78, 5) is 0. The maximum Gasteiger partial charge on any atom is 0.134 e. The summed E-state index contributed by atoms with van der Waals surface area (Å²) in [5, 5.41) is 10.4. The molecular weight excluding hydrogens is 243 g/mol. The molecule has 16 heavy (non-hydrogen) atoms. The van der Waals surface area contributed by atoms with E-state index in [-0.39, 0.29) is 5.75 Å². The summed E-state index contributed by atoms with van der Waals surface area (Å²) in [6.07, 6.45) is 0. The molecule has 0 radical (unpaired) electrons. The summed E-state index contributed by atoms with van der Waals surface area (Å²) in [6.45, 7) is 1.98. The third-order valence-corrected chi connectivity index (χ3v) is 2.84. The number of hydrogen-bond acceptors (Lipinski definition) is 1. The van der Waals surface area contributed by atoms with Crippen molar-refractivity contribution in [3.8, 4) is 16.9 Å². The Morgan fingerprint density at radius 3 is 2.31 bits per heavy atom. The van der Waals surface area contributed by atoms with Gasteiger partial charge >= 0.3 is 0 Å². The molecule has 0 atom stereocenters. The summed E-state index contributed by atoms with van der Waals surface area (Å²) in [6, 6.07) is 10.9. The molecule has 1 N–H and O–H groups in total. The molecule has 0 saturated carbocycles. The van der Waals surface area contributed by atoms with Crippen LogP contribution in [0, 0.1) is 6.92 Å². The second kappa shape index (κ2) is 4.36. The van der Waals surface area contributed by atoms with Crippen LogP contribution in [-0.2, 0) is 0 Å². The fourth-order valence-electron chi connectivity index (χ4n) is 1.59. The highest BCUT2D eigenvalue weighted by Crippen LogP contribution is 2.31. The molecule has 0 spiro atoms. The summed E-state index contributed by atoms with van der Waals surface area (Å²) in [7, 11) is 0. The van der Waals surface area contributed by atoms with Crippen LogP contribution in [0.15, 0.2) is 36.4 Å². The van der Waals surface area contributed by atoms with Gasteiger partial charge in [-0.2, -0.15) is 0 Å². The molecule has 0 aliphatic rings. The maximum absolute atomic E-state index is 9.34. The third kappa shape index (κ3) is 2.31. The van der Waals surface area contributed by atoms with E-state index in [1.165, 1.54) is 0 Å². The number of aromatic hydroxyl groups is 1. The highest BCUT2D eigenvalue weighted by atomic mass is 35.5. The second-order valence-electron chi connectivity index (χ2n) is 3.68. The van der Waals surface area contributed by atoms with E-state index in [1.807, 2.05) is 31.2 Å². The highest BCUT2D eigenvalue weighted by molar-refractivity contribution is 6.32. The van der Waals surface area contributed by atoms with Crippen LogP contribution < -0.4 is 0 Å². The first-order valence-electron chi connectivity index (χ1n) is 4.82. The van der Waals surface area contributed by atoms with Crippen LogP contribution in [-0.4, -0.2) is 5.11 Å². The average Bonchev–Trinajstić information content (AvgIpc) is 2.20. The highest BCUT2D eigenvalue weighted by Gasteiger charge is 2.04. The van der Waals surface area contributed by atoms with Gasteiger partial charge in [-0.1, -0.05) is 35.3 Å². The first-order valence-corrected chi connectivity index (χ1v) is 5.58. The normalized spacial score (nSPS) is 10.4. The Bertz CT molecular complexity index is 515. The van der Waals surface area contributed by atoms with Crippen molar-refractivity contribution in [1.82, 2.24) is 0 Å². The van der Waals surface area contributed by atoms with Gasteiger partial charge in [-0.3, -0.25) is 0 Å². The van der Waals surface area contributed by atoms with Crippen molar-refractivity contribution in [3.05, 3.63) is 52.0 Å². The van der Waals surface area contributed by atoms with Gasteiger partial charge in [0.05, 0.1) is 5.02 Å². The molecule has 0 unspecified atom stereocenters. The zero-order valence-corrected chi connectivity index (χ0v) is 10.2. The molecule has 2 rings (SSSR count). The van der Waals surface area contributed by atoms with Crippen LogP contribution in [0.4, 0.5) is 0 Å². The van der Waals surface area contributed by atoms with Crippen LogP contribution in [0.3, 0.4) is 0 Å². The van der Waals surface area contributed by atoms with Crippen molar-refractivity contribution in [1.29, 1.82) is 0 Å². The largest absolute Gasteiger partial charge is 0.506 e. The van der Waals surface area contributed by atoms with Gasteiger partial charge in [0.2, 0.25) is 0 Å². The molecule has 0 amide bonds. The maximum atomic E-state index is 9.34. The Labute approximate surface area is 104 Å². The number of benzene rings is 2. The fourth-order valence-corrected chi connectivity index (χ4v) is 2.06. The molecule has 0 saturated heterocycles. The standard InChI is InChI=1S/C13H10Cl2O/c1-8-4-10(6-11(14)5-8)9-2-3-13(16)12(15)7-9/h2-7,16H,1H3. The fraction of sp³-hybridized carbons (Fsp3) is 0.0769. The minimum Gasteiger partial charge on any atom is -0.506 e. The minimum absolute atomic E-state index is 0.0872. The quantitative estimate of drug-likeness (QED) is 0.782. The number of phenols is 1. The minimum atomic E-state index is 0.0872. The van der Waals surface area contributed by atoms with Gasteiger partial charge < -0.3 is 5.11 Å². The van der Waals surface area contributed by atoms with E-state index in [0.29, 0.717) is 10.0 Å². The zero-order chi connectivity index (χ0) is 11.7. The van der Waals surface area contributed by atoms with Crippen molar-refractivity contribution in [2.24, 2.45) is 0 Å². The average molecular weight is 253 g/mol. The van der Waals surface area contributed by atoms with Crippen molar-refractivity contribution in [2.45, 2.75) is 6.92 Å². The molecule has 1 nitrogen and oxygen atoms in total. The van der Waals surface area contributed by atoms with E-state index in [2.05, 4.69) is 0 Å². The van der Waals surface area contributed by atoms with Crippen LogP contribution in [0.25, 0.3) is 11.1 Å².